The summed E-state index contributed by atoms with van der Waals surface area (Å²) in [5, 5.41) is 31.4. The smallest absolute Gasteiger partial charge is 0.337 e. The number of amides is 2. The molecule has 0 saturated carbocycles. The zero-order valence-electron chi connectivity index (χ0n) is 25.0. The molecule has 1 fully saturated rings. The van der Waals surface area contributed by atoms with Crippen LogP contribution in [-0.4, -0.2) is 92.9 Å². The molecule has 2 atom stereocenters. The summed E-state index contributed by atoms with van der Waals surface area (Å²) in [6.45, 7) is 6.85. The number of urea groups is 1. The number of carbonyl (C=O) groups is 2. The van der Waals surface area contributed by atoms with E-state index in [0.717, 1.165) is 31.9 Å². The number of hydrogen-bond donors (Lipinski definition) is 4. The van der Waals surface area contributed by atoms with Crippen molar-refractivity contribution in [2.24, 2.45) is 5.10 Å². The summed E-state index contributed by atoms with van der Waals surface area (Å²) < 4.78 is 16.4. The van der Waals surface area contributed by atoms with Gasteiger partial charge in [-0.25, -0.2) is 9.59 Å². The number of likely N-dealkylation sites (N-methyl/N-ethyl adjacent to an activating group) is 1. The SMILES string of the molecule is CCOc1cc([C@@H]2NC(=O)NC(C)=C2C(=O)OC)ccc1OC[C@H](O)N/N=C\c1cc(N2CCN(C)CC2)ccc1[N+](=O)[O-]. The topological polar surface area (TPSA) is 180 Å². The number of anilines is 1. The van der Waals surface area contributed by atoms with Crippen LogP contribution in [0.2, 0.25) is 0 Å². The monoisotopic (exact) mass is 611 g/mol. The van der Waals surface area contributed by atoms with Crippen molar-refractivity contribution < 1.29 is 33.8 Å². The summed E-state index contributed by atoms with van der Waals surface area (Å²) >= 11 is 0. The van der Waals surface area contributed by atoms with Crippen molar-refractivity contribution in [3.63, 3.8) is 0 Å². The number of nitro benzene ring substituents is 1. The fraction of sp³-hybridized carbons (Fsp3) is 0.414. The van der Waals surface area contributed by atoms with Gasteiger partial charge in [0.1, 0.15) is 6.61 Å². The second kappa shape index (κ2) is 14.5. The molecule has 236 valence electrons. The highest BCUT2D eigenvalue weighted by Crippen LogP contribution is 2.35. The van der Waals surface area contributed by atoms with Crippen LogP contribution in [0, 0.1) is 10.1 Å². The van der Waals surface area contributed by atoms with Gasteiger partial charge in [0, 0.05) is 43.6 Å². The average molecular weight is 612 g/mol. The highest BCUT2D eigenvalue weighted by molar-refractivity contribution is 5.95. The van der Waals surface area contributed by atoms with Gasteiger partial charge in [0.05, 0.1) is 42.0 Å². The third-order valence-corrected chi connectivity index (χ3v) is 7.18. The van der Waals surface area contributed by atoms with Gasteiger partial charge in [-0.3, -0.25) is 15.5 Å². The lowest BCUT2D eigenvalue weighted by Crippen LogP contribution is -2.45. The standard InChI is InChI=1S/C29H37N7O8/c1-5-43-24-15-19(27-26(28(38)42-4)18(2)31-29(39)32-27)6-9-23(24)44-17-25(37)33-30-16-20-14-21(7-8-22(20)36(40)41)35-12-10-34(3)11-13-35/h6-9,14-16,25,27,33,37H,5,10-13,17H2,1-4H3,(H2,31,32,39)/b30-16-/t25-,27-/m0/s1. The average Bonchev–Trinajstić information content (AvgIpc) is 3.00. The number of carbonyl (C=O) groups excluding carboxylic acids is 2. The Balaban J connectivity index is 1.43. The molecular formula is C29H37N7O8. The normalized spacial score (nSPS) is 18.0. The Morgan fingerprint density at radius 1 is 1.20 bits per heavy atom. The molecule has 2 aliphatic heterocycles. The van der Waals surface area contributed by atoms with Gasteiger partial charge in [0.15, 0.2) is 17.7 Å². The molecule has 2 aromatic rings. The lowest BCUT2D eigenvalue weighted by atomic mass is 9.95. The number of esters is 1. The molecule has 0 aromatic heterocycles. The fourth-order valence-electron chi connectivity index (χ4n) is 4.89. The second-order valence-electron chi connectivity index (χ2n) is 10.2. The van der Waals surface area contributed by atoms with E-state index in [1.54, 1.807) is 44.2 Å². The molecule has 2 aliphatic rings. The minimum Gasteiger partial charge on any atom is -0.490 e. The number of piperazine rings is 1. The zero-order chi connectivity index (χ0) is 31.8. The van der Waals surface area contributed by atoms with E-state index >= 15 is 0 Å². The number of nitrogens with one attached hydrogen (secondary N) is 3. The first kappa shape index (κ1) is 32.0. The van der Waals surface area contributed by atoms with Crippen LogP contribution in [0.25, 0.3) is 0 Å². The van der Waals surface area contributed by atoms with Crippen LogP contribution in [0.3, 0.4) is 0 Å². The Bertz CT molecular complexity index is 1440. The number of nitro groups is 1. The van der Waals surface area contributed by atoms with Gasteiger partial charge in [-0.2, -0.15) is 5.10 Å². The van der Waals surface area contributed by atoms with Gasteiger partial charge in [0.25, 0.3) is 5.69 Å². The zero-order valence-corrected chi connectivity index (χ0v) is 25.0. The van der Waals surface area contributed by atoms with Gasteiger partial charge in [0.2, 0.25) is 0 Å². The summed E-state index contributed by atoms with van der Waals surface area (Å²) in [5.74, 6) is 0.0349. The lowest BCUT2D eigenvalue weighted by molar-refractivity contribution is -0.385. The van der Waals surface area contributed by atoms with Gasteiger partial charge in [-0.15, -0.1) is 0 Å². The van der Waals surface area contributed by atoms with Crippen molar-refractivity contribution in [3.8, 4) is 11.5 Å². The Labute approximate surface area is 254 Å². The number of benzene rings is 2. The molecule has 0 radical (unpaired) electrons. The first-order valence-corrected chi connectivity index (χ1v) is 14.1. The predicted octanol–water partition coefficient (Wildman–Crippen LogP) is 1.87. The number of hydrogen-bond acceptors (Lipinski definition) is 12. The maximum absolute atomic E-state index is 12.4. The summed E-state index contributed by atoms with van der Waals surface area (Å²) in [7, 11) is 3.31. The highest BCUT2D eigenvalue weighted by Gasteiger charge is 2.32. The highest BCUT2D eigenvalue weighted by atomic mass is 16.6. The van der Waals surface area contributed by atoms with Crippen LogP contribution in [0.4, 0.5) is 16.2 Å². The molecule has 0 spiro atoms. The van der Waals surface area contributed by atoms with Gasteiger partial charge in [-0.05, 0) is 50.7 Å². The maximum Gasteiger partial charge on any atom is 0.337 e. The third-order valence-electron chi connectivity index (χ3n) is 7.18. The van der Waals surface area contributed by atoms with Crippen LogP contribution in [0.15, 0.2) is 52.8 Å². The van der Waals surface area contributed by atoms with Crippen LogP contribution in [-0.2, 0) is 9.53 Å². The summed E-state index contributed by atoms with van der Waals surface area (Å²) in [6, 6.07) is 8.53. The van der Waals surface area contributed by atoms with E-state index < -0.39 is 29.2 Å². The van der Waals surface area contributed by atoms with Crippen molar-refractivity contribution in [2.75, 3.05) is 58.5 Å². The number of rotatable bonds is 12. The fourth-order valence-corrected chi connectivity index (χ4v) is 4.89. The lowest BCUT2D eigenvalue weighted by Gasteiger charge is -2.34. The van der Waals surface area contributed by atoms with Gasteiger partial charge in [-0.1, -0.05) is 6.07 Å². The first-order chi connectivity index (χ1) is 21.1. The van der Waals surface area contributed by atoms with Crippen LogP contribution >= 0.6 is 0 Å². The molecule has 4 N–H and O–H groups in total. The van der Waals surface area contributed by atoms with E-state index in [1.165, 1.54) is 19.4 Å². The second-order valence-corrected chi connectivity index (χ2v) is 10.2. The largest absolute Gasteiger partial charge is 0.490 e. The van der Waals surface area contributed by atoms with Crippen molar-refractivity contribution in [1.82, 2.24) is 21.0 Å². The Hall–Kier alpha value is -4.89. The molecule has 15 nitrogen and oxygen atoms in total. The van der Waals surface area contributed by atoms with E-state index in [-0.39, 0.29) is 17.9 Å². The molecule has 4 rings (SSSR count). The van der Waals surface area contributed by atoms with Crippen molar-refractivity contribution in [1.29, 1.82) is 0 Å². The van der Waals surface area contributed by atoms with Crippen molar-refractivity contribution in [3.05, 3.63) is 68.9 Å². The Kier molecular flexibility index (Phi) is 10.6. The molecule has 0 bridgehead atoms. The molecular weight excluding hydrogens is 574 g/mol. The minimum absolute atomic E-state index is 0.106. The Morgan fingerprint density at radius 2 is 1.95 bits per heavy atom. The maximum atomic E-state index is 12.4. The number of ether oxygens (including phenoxy) is 3. The van der Waals surface area contributed by atoms with Crippen LogP contribution < -0.4 is 30.4 Å². The minimum atomic E-state index is -1.26. The summed E-state index contributed by atoms with van der Waals surface area (Å²) in [6.07, 6.45) is 0.0313. The van der Waals surface area contributed by atoms with E-state index in [9.17, 15) is 24.8 Å². The van der Waals surface area contributed by atoms with Crippen molar-refractivity contribution >= 4 is 29.6 Å². The molecule has 1 saturated heterocycles. The number of methoxy groups -OCH3 is 1. The van der Waals surface area contributed by atoms with Crippen LogP contribution in [0.1, 0.15) is 31.0 Å². The van der Waals surface area contributed by atoms with Crippen molar-refractivity contribution in [2.45, 2.75) is 26.1 Å². The van der Waals surface area contributed by atoms with E-state index in [4.69, 9.17) is 14.2 Å². The first-order valence-electron chi connectivity index (χ1n) is 14.1. The van der Waals surface area contributed by atoms with Gasteiger partial charge >= 0.3 is 12.0 Å². The van der Waals surface area contributed by atoms with Crippen LogP contribution in [0.5, 0.6) is 11.5 Å². The van der Waals surface area contributed by atoms with E-state index in [1.807, 2.05) is 0 Å². The summed E-state index contributed by atoms with van der Waals surface area (Å²) in [5.41, 5.74) is 4.74. The Morgan fingerprint density at radius 3 is 2.64 bits per heavy atom. The molecule has 2 amide bonds. The molecule has 0 unspecified atom stereocenters. The summed E-state index contributed by atoms with van der Waals surface area (Å²) in [4.78, 5) is 40.1. The molecule has 2 aromatic carbocycles. The van der Waals surface area contributed by atoms with E-state index in [0.29, 0.717) is 34.9 Å². The molecule has 0 aliphatic carbocycles. The number of aliphatic hydroxyl groups is 1. The van der Waals surface area contributed by atoms with E-state index in [2.05, 4.69) is 38.0 Å². The quantitative estimate of drug-likeness (QED) is 0.0905. The number of aliphatic hydroxyl groups excluding tert-OH is 1. The number of hydrazone groups is 1. The number of nitrogens with zero attached hydrogens (tertiary/aromatic N) is 4. The number of allylic oxidation sites excluding steroid dienone is 1. The third kappa shape index (κ3) is 7.73. The predicted molar refractivity (Wildman–Crippen MR) is 162 cm³/mol. The molecule has 15 heteroatoms. The van der Waals surface area contributed by atoms with Gasteiger partial charge < -0.3 is 39.8 Å². The molecule has 2 heterocycles. The molecule has 44 heavy (non-hydrogen) atoms.